The van der Waals surface area contributed by atoms with E-state index < -0.39 is 0 Å². The van der Waals surface area contributed by atoms with E-state index in [1.165, 1.54) is 11.6 Å². The number of aromatic nitrogens is 2. The van der Waals surface area contributed by atoms with E-state index in [9.17, 15) is 4.39 Å². The van der Waals surface area contributed by atoms with Gasteiger partial charge in [0.25, 0.3) is 0 Å². The molecule has 0 amide bonds. The van der Waals surface area contributed by atoms with Gasteiger partial charge in [-0.05, 0) is 49.9 Å². The Morgan fingerprint density at radius 3 is 2.54 bits per heavy atom. The number of halogens is 1. The van der Waals surface area contributed by atoms with Crippen molar-refractivity contribution in [3.63, 3.8) is 0 Å². The normalized spacial score (nSPS) is 12.0. The molecule has 0 spiro atoms. The smallest absolute Gasteiger partial charge is 0.222 e. The molecule has 134 valence electrons. The molecule has 5 heteroatoms. The molecule has 0 unspecified atom stereocenters. The van der Waals surface area contributed by atoms with Crippen molar-refractivity contribution in [1.29, 1.82) is 0 Å². The quantitative estimate of drug-likeness (QED) is 0.689. The third-order valence-electron chi connectivity index (χ3n) is 4.44. The minimum atomic E-state index is -0.219. The summed E-state index contributed by atoms with van der Waals surface area (Å²) in [5.41, 5.74) is 9.82. The second-order valence-corrected chi connectivity index (χ2v) is 6.40. The van der Waals surface area contributed by atoms with E-state index in [4.69, 9.17) is 5.73 Å². The lowest BCUT2D eigenvalue weighted by Crippen LogP contribution is -2.14. The first-order chi connectivity index (χ1) is 12.5. The van der Waals surface area contributed by atoms with Crippen molar-refractivity contribution < 1.29 is 4.39 Å². The van der Waals surface area contributed by atoms with Crippen LogP contribution < -0.4 is 11.1 Å². The lowest BCUT2D eigenvalue weighted by atomic mass is 10.0. The molecule has 0 saturated heterocycles. The summed E-state index contributed by atoms with van der Waals surface area (Å²) in [5.74, 6) is 0.770. The number of nitrogen functional groups attached to an aromatic ring is 1. The molecule has 4 nitrogen and oxygen atoms in total. The van der Waals surface area contributed by atoms with E-state index in [-0.39, 0.29) is 17.8 Å². The SMILES string of the molecule is Cc1nc(N)nc(N[C@@H](C)c2ccccc2)c1CCc1cccc(F)c1. The van der Waals surface area contributed by atoms with Gasteiger partial charge in [-0.15, -0.1) is 0 Å². The van der Waals surface area contributed by atoms with Gasteiger partial charge in [-0.3, -0.25) is 0 Å². The Hall–Kier alpha value is -2.95. The van der Waals surface area contributed by atoms with Crippen LogP contribution in [0.2, 0.25) is 0 Å². The third-order valence-corrected chi connectivity index (χ3v) is 4.44. The topological polar surface area (TPSA) is 63.8 Å². The molecule has 1 heterocycles. The Bertz CT molecular complexity index is 880. The molecule has 3 N–H and O–H groups in total. The van der Waals surface area contributed by atoms with E-state index in [0.29, 0.717) is 12.8 Å². The Labute approximate surface area is 153 Å². The number of hydrogen-bond donors (Lipinski definition) is 2. The van der Waals surface area contributed by atoms with Crippen LogP contribution in [-0.4, -0.2) is 9.97 Å². The predicted octanol–water partition coefficient (Wildman–Crippen LogP) is 4.46. The van der Waals surface area contributed by atoms with Crippen LogP contribution in [0.1, 0.15) is 35.3 Å². The van der Waals surface area contributed by atoms with Crippen LogP contribution in [0.25, 0.3) is 0 Å². The lowest BCUT2D eigenvalue weighted by molar-refractivity contribution is 0.625. The van der Waals surface area contributed by atoms with Gasteiger partial charge in [-0.25, -0.2) is 9.37 Å². The number of aryl methyl sites for hydroxylation is 2. The zero-order valence-corrected chi connectivity index (χ0v) is 15.0. The van der Waals surface area contributed by atoms with Crippen LogP contribution in [-0.2, 0) is 12.8 Å². The second-order valence-electron chi connectivity index (χ2n) is 6.40. The van der Waals surface area contributed by atoms with Crippen molar-refractivity contribution in [2.24, 2.45) is 0 Å². The average Bonchev–Trinajstić information content (AvgIpc) is 2.61. The molecule has 3 rings (SSSR count). The molecule has 0 radical (unpaired) electrons. The molecule has 0 saturated carbocycles. The second kappa shape index (κ2) is 7.95. The molecule has 0 aliphatic heterocycles. The molecule has 1 atom stereocenters. The number of nitrogens with zero attached hydrogens (tertiary/aromatic N) is 2. The van der Waals surface area contributed by atoms with Crippen LogP contribution >= 0.6 is 0 Å². The van der Waals surface area contributed by atoms with Gasteiger partial charge < -0.3 is 11.1 Å². The Balaban J connectivity index is 1.83. The van der Waals surface area contributed by atoms with Gasteiger partial charge in [0.15, 0.2) is 0 Å². The number of anilines is 2. The summed E-state index contributed by atoms with van der Waals surface area (Å²) in [6, 6.07) is 16.9. The molecule has 2 aromatic carbocycles. The molecular weight excluding hydrogens is 327 g/mol. The fourth-order valence-corrected chi connectivity index (χ4v) is 3.03. The third kappa shape index (κ3) is 4.36. The molecule has 3 aromatic rings. The highest BCUT2D eigenvalue weighted by Crippen LogP contribution is 2.24. The highest BCUT2D eigenvalue weighted by Gasteiger charge is 2.14. The van der Waals surface area contributed by atoms with Gasteiger partial charge in [0.05, 0.1) is 0 Å². The molecule has 0 aliphatic carbocycles. The van der Waals surface area contributed by atoms with Gasteiger partial charge in [-0.2, -0.15) is 4.98 Å². The van der Waals surface area contributed by atoms with Crippen molar-refractivity contribution >= 4 is 11.8 Å². The number of nitrogens with one attached hydrogen (secondary N) is 1. The summed E-state index contributed by atoms with van der Waals surface area (Å²) >= 11 is 0. The van der Waals surface area contributed by atoms with Gasteiger partial charge >= 0.3 is 0 Å². The van der Waals surface area contributed by atoms with Crippen molar-refractivity contribution in [3.8, 4) is 0 Å². The van der Waals surface area contributed by atoms with Crippen molar-refractivity contribution in [2.75, 3.05) is 11.1 Å². The molecular formula is C21H23FN4. The van der Waals surface area contributed by atoms with Gasteiger partial charge in [0, 0.05) is 17.3 Å². The lowest BCUT2D eigenvalue weighted by Gasteiger charge is -2.19. The van der Waals surface area contributed by atoms with E-state index in [0.717, 1.165) is 22.6 Å². The van der Waals surface area contributed by atoms with Crippen LogP contribution in [0, 0.1) is 12.7 Å². The Morgan fingerprint density at radius 1 is 1.04 bits per heavy atom. The first kappa shape index (κ1) is 17.9. The number of hydrogen-bond acceptors (Lipinski definition) is 4. The van der Waals surface area contributed by atoms with Crippen molar-refractivity contribution in [2.45, 2.75) is 32.7 Å². The zero-order chi connectivity index (χ0) is 18.5. The zero-order valence-electron chi connectivity index (χ0n) is 15.0. The monoisotopic (exact) mass is 350 g/mol. The summed E-state index contributed by atoms with van der Waals surface area (Å²) in [4.78, 5) is 8.71. The number of nitrogens with two attached hydrogens (primary N) is 1. The van der Waals surface area contributed by atoms with E-state index >= 15 is 0 Å². The Kier molecular flexibility index (Phi) is 5.46. The van der Waals surface area contributed by atoms with Crippen LogP contribution in [0.3, 0.4) is 0 Å². The fraction of sp³-hybridized carbons (Fsp3) is 0.238. The van der Waals surface area contributed by atoms with E-state index in [2.05, 4.69) is 34.3 Å². The standard InChI is InChI=1S/C21H23FN4/c1-14(17-8-4-3-5-9-17)24-20-19(15(2)25-21(23)26-20)12-11-16-7-6-10-18(22)13-16/h3-10,13-14H,11-12H2,1-2H3,(H3,23,24,25,26)/t14-/m0/s1. The number of benzene rings is 2. The highest BCUT2D eigenvalue weighted by atomic mass is 19.1. The minimum Gasteiger partial charge on any atom is -0.368 e. The maximum Gasteiger partial charge on any atom is 0.222 e. The maximum absolute atomic E-state index is 13.4. The summed E-state index contributed by atoms with van der Waals surface area (Å²) in [6.07, 6.45) is 1.42. The van der Waals surface area contributed by atoms with Gasteiger partial charge in [0.2, 0.25) is 5.95 Å². The first-order valence-electron chi connectivity index (χ1n) is 8.72. The predicted molar refractivity (Wildman–Crippen MR) is 103 cm³/mol. The fourth-order valence-electron chi connectivity index (χ4n) is 3.03. The van der Waals surface area contributed by atoms with Crippen LogP contribution in [0.4, 0.5) is 16.2 Å². The van der Waals surface area contributed by atoms with Crippen LogP contribution in [0.15, 0.2) is 54.6 Å². The molecule has 0 aliphatic rings. The first-order valence-corrected chi connectivity index (χ1v) is 8.72. The summed E-state index contributed by atoms with van der Waals surface area (Å²) < 4.78 is 13.4. The van der Waals surface area contributed by atoms with Gasteiger partial charge in [-0.1, -0.05) is 42.5 Å². The molecule has 0 bridgehead atoms. The van der Waals surface area contributed by atoms with E-state index in [1.807, 2.05) is 31.2 Å². The van der Waals surface area contributed by atoms with Crippen LogP contribution in [0.5, 0.6) is 0 Å². The molecule has 0 fully saturated rings. The maximum atomic E-state index is 13.4. The summed E-state index contributed by atoms with van der Waals surface area (Å²) in [5, 5.41) is 3.45. The summed E-state index contributed by atoms with van der Waals surface area (Å²) in [7, 11) is 0. The van der Waals surface area contributed by atoms with Gasteiger partial charge in [0.1, 0.15) is 11.6 Å². The summed E-state index contributed by atoms with van der Waals surface area (Å²) in [6.45, 7) is 4.01. The number of rotatable bonds is 6. The molecule has 1 aromatic heterocycles. The van der Waals surface area contributed by atoms with Crippen molar-refractivity contribution in [3.05, 3.63) is 82.8 Å². The minimum absolute atomic E-state index is 0.0813. The van der Waals surface area contributed by atoms with Crippen molar-refractivity contribution in [1.82, 2.24) is 9.97 Å². The van der Waals surface area contributed by atoms with E-state index in [1.54, 1.807) is 12.1 Å². The molecule has 26 heavy (non-hydrogen) atoms. The highest BCUT2D eigenvalue weighted by molar-refractivity contribution is 5.51. The largest absolute Gasteiger partial charge is 0.368 e. The average molecular weight is 350 g/mol. The Morgan fingerprint density at radius 2 is 1.81 bits per heavy atom.